The SMILES string of the molecule is CC(N)c1ccc(SCc2nncn2C)cc1. The van der Waals surface area contributed by atoms with Crippen LogP contribution in [0.5, 0.6) is 0 Å². The normalized spacial score (nSPS) is 12.6. The van der Waals surface area contributed by atoms with Crippen LogP contribution in [0.2, 0.25) is 0 Å². The number of hydrogen-bond donors (Lipinski definition) is 1. The van der Waals surface area contributed by atoms with Gasteiger partial charge in [0.15, 0.2) is 0 Å². The molecular formula is C12H16N4S. The van der Waals surface area contributed by atoms with Crippen LogP contribution in [0, 0.1) is 0 Å². The lowest BCUT2D eigenvalue weighted by Crippen LogP contribution is -2.04. The Bertz CT molecular complexity index is 476. The van der Waals surface area contributed by atoms with Gasteiger partial charge in [-0.25, -0.2) is 0 Å². The third-order valence-electron chi connectivity index (χ3n) is 2.58. The van der Waals surface area contributed by atoms with Crippen LogP contribution in [0.4, 0.5) is 0 Å². The number of nitrogens with two attached hydrogens (primary N) is 1. The first-order valence-electron chi connectivity index (χ1n) is 5.48. The predicted octanol–water partition coefficient (Wildman–Crippen LogP) is 2.13. The lowest BCUT2D eigenvalue weighted by Gasteiger charge is -2.06. The van der Waals surface area contributed by atoms with E-state index >= 15 is 0 Å². The van der Waals surface area contributed by atoms with E-state index in [0.717, 1.165) is 17.1 Å². The minimum atomic E-state index is 0.0905. The van der Waals surface area contributed by atoms with Crippen molar-refractivity contribution in [2.45, 2.75) is 23.6 Å². The Labute approximate surface area is 105 Å². The van der Waals surface area contributed by atoms with Crippen molar-refractivity contribution < 1.29 is 0 Å². The molecule has 0 aliphatic rings. The Balaban J connectivity index is 1.98. The minimum Gasteiger partial charge on any atom is -0.324 e. The highest BCUT2D eigenvalue weighted by Gasteiger charge is 2.03. The van der Waals surface area contributed by atoms with Gasteiger partial charge >= 0.3 is 0 Å². The van der Waals surface area contributed by atoms with E-state index in [0.29, 0.717) is 0 Å². The molecule has 1 heterocycles. The fourth-order valence-electron chi connectivity index (χ4n) is 1.45. The van der Waals surface area contributed by atoms with Crippen molar-refractivity contribution in [3.05, 3.63) is 42.0 Å². The number of thioether (sulfide) groups is 1. The fourth-order valence-corrected chi connectivity index (χ4v) is 2.34. The van der Waals surface area contributed by atoms with Gasteiger partial charge in [0, 0.05) is 18.0 Å². The van der Waals surface area contributed by atoms with Crippen molar-refractivity contribution in [2.75, 3.05) is 0 Å². The quantitative estimate of drug-likeness (QED) is 0.842. The Morgan fingerprint density at radius 1 is 1.35 bits per heavy atom. The predicted molar refractivity (Wildman–Crippen MR) is 69.6 cm³/mol. The van der Waals surface area contributed by atoms with Crippen molar-refractivity contribution in [2.24, 2.45) is 12.8 Å². The molecule has 0 bridgehead atoms. The molecule has 0 aliphatic carbocycles. The Hall–Kier alpha value is -1.33. The van der Waals surface area contributed by atoms with Gasteiger partial charge in [0.25, 0.3) is 0 Å². The molecule has 5 heteroatoms. The molecule has 0 spiro atoms. The molecule has 1 aromatic carbocycles. The van der Waals surface area contributed by atoms with E-state index in [-0.39, 0.29) is 6.04 Å². The van der Waals surface area contributed by atoms with Crippen LogP contribution in [0.25, 0.3) is 0 Å². The Kier molecular flexibility index (Phi) is 3.81. The summed E-state index contributed by atoms with van der Waals surface area (Å²) in [6, 6.07) is 8.43. The van der Waals surface area contributed by atoms with Gasteiger partial charge in [0.05, 0.1) is 5.75 Å². The maximum Gasteiger partial charge on any atom is 0.142 e. The minimum absolute atomic E-state index is 0.0905. The standard InChI is InChI=1S/C12H16N4S/c1-9(13)10-3-5-11(6-4-10)17-7-12-15-14-8-16(12)2/h3-6,8-9H,7,13H2,1-2H3. The monoisotopic (exact) mass is 248 g/mol. The zero-order chi connectivity index (χ0) is 12.3. The van der Waals surface area contributed by atoms with E-state index in [1.54, 1.807) is 18.1 Å². The molecule has 0 aliphatic heterocycles. The Morgan fingerprint density at radius 2 is 2.06 bits per heavy atom. The van der Waals surface area contributed by atoms with Crippen molar-refractivity contribution in [3.8, 4) is 0 Å². The first kappa shape index (κ1) is 12.1. The number of nitrogens with zero attached hydrogens (tertiary/aromatic N) is 3. The summed E-state index contributed by atoms with van der Waals surface area (Å²) in [5, 5.41) is 7.90. The van der Waals surface area contributed by atoms with E-state index in [4.69, 9.17) is 5.73 Å². The summed E-state index contributed by atoms with van der Waals surface area (Å²) in [6.07, 6.45) is 1.72. The molecule has 2 rings (SSSR count). The summed E-state index contributed by atoms with van der Waals surface area (Å²) >= 11 is 1.75. The van der Waals surface area contributed by atoms with Gasteiger partial charge in [-0.1, -0.05) is 12.1 Å². The first-order valence-corrected chi connectivity index (χ1v) is 6.46. The van der Waals surface area contributed by atoms with Crippen LogP contribution in [0.3, 0.4) is 0 Å². The highest BCUT2D eigenvalue weighted by Crippen LogP contribution is 2.23. The van der Waals surface area contributed by atoms with Gasteiger partial charge in [-0.15, -0.1) is 22.0 Å². The van der Waals surface area contributed by atoms with E-state index < -0.39 is 0 Å². The first-order chi connectivity index (χ1) is 8.16. The third-order valence-corrected chi connectivity index (χ3v) is 3.59. The van der Waals surface area contributed by atoms with Gasteiger partial charge in [-0.2, -0.15) is 0 Å². The van der Waals surface area contributed by atoms with Crippen LogP contribution < -0.4 is 5.73 Å². The van der Waals surface area contributed by atoms with E-state index in [2.05, 4.69) is 34.5 Å². The molecule has 1 unspecified atom stereocenters. The maximum atomic E-state index is 5.81. The summed E-state index contributed by atoms with van der Waals surface area (Å²) in [5.74, 6) is 1.81. The summed E-state index contributed by atoms with van der Waals surface area (Å²) in [7, 11) is 1.95. The topological polar surface area (TPSA) is 56.7 Å². The molecular weight excluding hydrogens is 232 g/mol. The molecule has 0 fully saturated rings. The van der Waals surface area contributed by atoms with Crippen molar-refractivity contribution in [1.29, 1.82) is 0 Å². The van der Waals surface area contributed by atoms with Gasteiger partial charge in [0.2, 0.25) is 0 Å². The molecule has 0 radical (unpaired) electrons. The smallest absolute Gasteiger partial charge is 0.142 e. The largest absolute Gasteiger partial charge is 0.324 e. The number of aromatic nitrogens is 3. The van der Waals surface area contributed by atoms with Gasteiger partial charge in [-0.3, -0.25) is 0 Å². The Morgan fingerprint density at radius 3 is 2.59 bits per heavy atom. The van der Waals surface area contributed by atoms with Crippen LogP contribution >= 0.6 is 11.8 Å². The van der Waals surface area contributed by atoms with E-state index in [1.165, 1.54) is 4.90 Å². The lowest BCUT2D eigenvalue weighted by atomic mass is 10.1. The molecule has 1 atom stereocenters. The van der Waals surface area contributed by atoms with Crippen molar-refractivity contribution in [1.82, 2.24) is 14.8 Å². The molecule has 0 amide bonds. The number of rotatable bonds is 4. The molecule has 1 aromatic heterocycles. The summed E-state index contributed by atoms with van der Waals surface area (Å²) in [6.45, 7) is 1.99. The van der Waals surface area contributed by atoms with Crippen LogP contribution in [0.15, 0.2) is 35.5 Å². The van der Waals surface area contributed by atoms with Gasteiger partial charge in [0.1, 0.15) is 12.2 Å². The zero-order valence-electron chi connectivity index (χ0n) is 10.00. The lowest BCUT2D eigenvalue weighted by molar-refractivity contribution is 0.817. The molecule has 90 valence electrons. The summed E-state index contributed by atoms with van der Waals surface area (Å²) < 4.78 is 1.93. The summed E-state index contributed by atoms with van der Waals surface area (Å²) in [5.41, 5.74) is 6.97. The molecule has 17 heavy (non-hydrogen) atoms. The van der Waals surface area contributed by atoms with E-state index in [1.807, 2.05) is 18.5 Å². The molecule has 4 nitrogen and oxygen atoms in total. The number of benzene rings is 1. The molecule has 2 aromatic rings. The van der Waals surface area contributed by atoms with Crippen molar-refractivity contribution in [3.63, 3.8) is 0 Å². The molecule has 0 saturated carbocycles. The van der Waals surface area contributed by atoms with Crippen LogP contribution in [-0.2, 0) is 12.8 Å². The maximum absolute atomic E-state index is 5.81. The third kappa shape index (κ3) is 3.08. The van der Waals surface area contributed by atoms with Crippen LogP contribution in [0.1, 0.15) is 24.4 Å². The second-order valence-electron chi connectivity index (χ2n) is 4.00. The highest BCUT2D eigenvalue weighted by molar-refractivity contribution is 7.98. The van der Waals surface area contributed by atoms with Gasteiger partial charge < -0.3 is 10.3 Å². The number of aryl methyl sites for hydroxylation is 1. The molecule has 0 saturated heterocycles. The second-order valence-corrected chi connectivity index (χ2v) is 5.05. The highest BCUT2D eigenvalue weighted by atomic mass is 32.2. The van der Waals surface area contributed by atoms with Gasteiger partial charge in [-0.05, 0) is 24.6 Å². The van der Waals surface area contributed by atoms with Crippen molar-refractivity contribution >= 4 is 11.8 Å². The average molecular weight is 248 g/mol. The zero-order valence-corrected chi connectivity index (χ0v) is 10.8. The second kappa shape index (κ2) is 5.33. The van der Waals surface area contributed by atoms with E-state index in [9.17, 15) is 0 Å². The fraction of sp³-hybridized carbons (Fsp3) is 0.333. The summed E-state index contributed by atoms with van der Waals surface area (Å²) in [4.78, 5) is 1.22. The number of hydrogen-bond acceptors (Lipinski definition) is 4. The van der Waals surface area contributed by atoms with Crippen LogP contribution in [-0.4, -0.2) is 14.8 Å². The average Bonchev–Trinajstić information content (AvgIpc) is 2.73. The molecule has 2 N–H and O–H groups in total.